The van der Waals surface area contributed by atoms with Crippen LogP contribution in [-0.2, 0) is 19.0 Å². The molecule has 0 aromatic rings. The molecular weight excluding hydrogens is 320 g/mol. The molecule has 3 fully saturated rings. The number of rotatable bonds is 6. The lowest BCUT2D eigenvalue weighted by Gasteiger charge is -2.42. The second-order valence-corrected chi connectivity index (χ2v) is 7.78. The Bertz CT molecular complexity index is 406. The van der Waals surface area contributed by atoms with Crippen molar-refractivity contribution in [3.05, 3.63) is 0 Å². The molecule has 0 saturated carbocycles. The summed E-state index contributed by atoms with van der Waals surface area (Å²) in [5.74, 6) is 0.282. The molecular formula is C19H34N2O4. The predicted molar refractivity (Wildman–Crippen MR) is 95.6 cm³/mol. The van der Waals surface area contributed by atoms with Gasteiger partial charge in [0.2, 0.25) is 5.91 Å². The fraction of sp³-hybridized carbons (Fsp3) is 0.947. The SMILES string of the molecule is COCC1(C(=O)N2CCC(OCC3CCCCO3)CC2)CCNCC1. The molecule has 0 aliphatic carbocycles. The molecule has 0 aromatic heterocycles. The van der Waals surface area contributed by atoms with Gasteiger partial charge in [0.25, 0.3) is 0 Å². The van der Waals surface area contributed by atoms with Gasteiger partial charge in [0, 0.05) is 26.8 Å². The molecule has 1 amide bonds. The molecule has 0 aromatic carbocycles. The van der Waals surface area contributed by atoms with E-state index in [1.165, 1.54) is 12.8 Å². The van der Waals surface area contributed by atoms with E-state index in [2.05, 4.69) is 5.32 Å². The van der Waals surface area contributed by atoms with Crippen molar-refractivity contribution in [1.29, 1.82) is 0 Å². The highest BCUT2D eigenvalue weighted by molar-refractivity contribution is 5.83. The number of carbonyl (C=O) groups is 1. The Kier molecular flexibility index (Phi) is 7.10. The molecule has 6 heteroatoms. The van der Waals surface area contributed by atoms with E-state index in [0.29, 0.717) is 13.2 Å². The summed E-state index contributed by atoms with van der Waals surface area (Å²) in [5, 5.41) is 3.35. The molecule has 1 N–H and O–H groups in total. The third-order valence-corrected chi connectivity index (χ3v) is 5.96. The summed E-state index contributed by atoms with van der Waals surface area (Å²) in [6, 6.07) is 0. The van der Waals surface area contributed by atoms with E-state index in [0.717, 1.165) is 64.9 Å². The van der Waals surface area contributed by atoms with Crippen molar-refractivity contribution < 1.29 is 19.0 Å². The van der Waals surface area contributed by atoms with E-state index in [9.17, 15) is 4.79 Å². The van der Waals surface area contributed by atoms with E-state index in [4.69, 9.17) is 14.2 Å². The summed E-state index contributed by atoms with van der Waals surface area (Å²) in [7, 11) is 1.70. The molecule has 144 valence electrons. The number of hydrogen-bond acceptors (Lipinski definition) is 5. The van der Waals surface area contributed by atoms with Crippen LogP contribution in [0.5, 0.6) is 0 Å². The number of hydrogen-bond donors (Lipinski definition) is 1. The Hall–Kier alpha value is -0.690. The quantitative estimate of drug-likeness (QED) is 0.785. The second-order valence-electron chi connectivity index (χ2n) is 7.78. The number of nitrogens with zero attached hydrogens (tertiary/aromatic N) is 1. The zero-order valence-corrected chi connectivity index (χ0v) is 15.6. The van der Waals surface area contributed by atoms with Gasteiger partial charge in [-0.2, -0.15) is 0 Å². The number of carbonyl (C=O) groups excluding carboxylic acids is 1. The fourth-order valence-electron chi connectivity index (χ4n) is 4.34. The molecule has 3 aliphatic rings. The van der Waals surface area contributed by atoms with Crippen LogP contribution in [0.15, 0.2) is 0 Å². The molecule has 0 bridgehead atoms. The Morgan fingerprint density at radius 3 is 2.60 bits per heavy atom. The van der Waals surface area contributed by atoms with Gasteiger partial charge in [-0.05, 0) is 58.0 Å². The zero-order chi connectivity index (χ0) is 17.5. The number of nitrogens with one attached hydrogen (secondary N) is 1. The minimum Gasteiger partial charge on any atom is -0.384 e. The van der Waals surface area contributed by atoms with Gasteiger partial charge in [0.15, 0.2) is 0 Å². The van der Waals surface area contributed by atoms with E-state index < -0.39 is 0 Å². The van der Waals surface area contributed by atoms with Crippen LogP contribution in [0.4, 0.5) is 0 Å². The second kappa shape index (κ2) is 9.31. The first kappa shape index (κ1) is 19.1. The lowest BCUT2D eigenvalue weighted by atomic mass is 9.78. The number of methoxy groups -OCH3 is 1. The van der Waals surface area contributed by atoms with Crippen LogP contribution in [-0.4, -0.2) is 76.1 Å². The molecule has 1 atom stereocenters. The molecule has 3 aliphatic heterocycles. The summed E-state index contributed by atoms with van der Waals surface area (Å²) in [4.78, 5) is 15.2. The maximum Gasteiger partial charge on any atom is 0.231 e. The van der Waals surface area contributed by atoms with Gasteiger partial charge in [-0.25, -0.2) is 0 Å². The average molecular weight is 354 g/mol. The maximum atomic E-state index is 13.1. The van der Waals surface area contributed by atoms with Crippen LogP contribution in [0.1, 0.15) is 44.9 Å². The van der Waals surface area contributed by atoms with Crippen molar-refractivity contribution in [3.8, 4) is 0 Å². The van der Waals surface area contributed by atoms with E-state index in [1.807, 2.05) is 4.90 Å². The van der Waals surface area contributed by atoms with Gasteiger partial charge in [-0.15, -0.1) is 0 Å². The summed E-state index contributed by atoms with van der Waals surface area (Å²) in [6.07, 6.45) is 7.68. The highest BCUT2D eigenvalue weighted by atomic mass is 16.5. The fourth-order valence-corrected chi connectivity index (χ4v) is 4.34. The number of piperidine rings is 2. The molecule has 3 rings (SSSR count). The largest absolute Gasteiger partial charge is 0.384 e. The monoisotopic (exact) mass is 354 g/mol. The summed E-state index contributed by atoms with van der Waals surface area (Å²) in [6.45, 7) is 5.51. The topological polar surface area (TPSA) is 60.0 Å². The smallest absolute Gasteiger partial charge is 0.231 e. The standard InChI is InChI=1S/C19H34N2O4/c1-23-15-19(7-9-20-10-8-19)18(22)21-11-5-16(6-12-21)25-14-17-4-2-3-13-24-17/h16-17,20H,2-15H2,1H3. The van der Waals surface area contributed by atoms with E-state index in [-0.39, 0.29) is 23.5 Å². The van der Waals surface area contributed by atoms with Crippen LogP contribution in [0.2, 0.25) is 0 Å². The third-order valence-electron chi connectivity index (χ3n) is 5.96. The Morgan fingerprint density at radius 2 is 1.96 bits per heavy atom. The number of amides is 1. The van der Waals surface area contributed by atoms with Crippen molar-refractivity contribution in [3.63, 3.8) is 0 Å². The summed E-state index contributed by atoms with van der Waals surface area (Å²) in [5.41, 5.74) is -0.330. The highest BCUT2D eigenvalue weighted by Gasteiger charge is 2.43. The van der Waals surface area contributed by atoms with Gasteiger partial charge >= 0.3 is 0 Å². The molecule has 3 saturated heterocycles. The van der Waals surface area contributed by atoms with Gasteiger partial charge in [0.05, 0.1) is 30.8 Å². The van der Waals surface area contributed by atoms with E-state index >= 15 is 0 Å². The summed E-state index contributed by atoms with van der Waals surface area (Å²) >= 11 is 0. The predicted octanol–water partition coefficient (Wildman–Crippen LogP) is 1.58. The van der Waals surface area contributed by atoms with Crippen molar-refractivity contribution >= 4 is 5.91 Å². The highest BCUT2D eigenvalue weighted by Crippen LogP contribution is 2.33. The van der Waals surface area contributed by atoms with Crippen LogP contribution < -0.4 is 5.32 Å². The number of likely N-dealkylation sites (tertiary alicyclic amines) is 1. The normalized spacial score (nSPS) is 28.0. The van der Waals surface area contributed by atoms with Gasteiger partial charge in [-0.1, -0.05) is 0 Å². The average Bonchev–Trinajstić information content (AvgIpc) is 2.68. The van der Waals surface area contributed by atoms with Gasteiger partial charge < -0.3 is 24.4 Å². The molecule has 0 radical (unpaired) electrons. The first-order valence-electron chi connectivity index (χ1n) is 9.96. The Labute approximate surface area is 151 Å². The van der Waals surface area contributed by atoms with Crippen molar-refractivity contribution in [1.82, 2.24) is 10.2 Å². The maximum absolute atomic E-state index is 13.1. The van der Waals surface area contributed by atoms with Gasteiger partial charge in [-0.3, -0.25) is 4.79 Å². The molecule has 1 unspecified atom stereocenters. The molecule has 25 heavy (non-hydrogen) atoms. The van der Waals surface area contributed by atoms with Crippen LogP contribution in [0, 0.1) is 5.41 Å². The van der Waals surface area contributed by atoms with Crippen molar-refractivity contribution in [2.45, 2.75) is 57.2 Å². The summed E-state index contributed by atoms with van der Waals surface area (Å²) < 4.78 is 17.2. The van der Waals surface area contributed by atoms with Crippen LogP contribution in [0.25, 0.3) is 0 Å². The van der Waals surface area contributed by atoms with Crippen LogP contribution in [0.3, 0.4) is 0 Å². The lowest BCUT2D eigenvalue weighted by molar-refractivity contribution is -0.151. The minimum absolute atomic E-state index is 0.265. The lowest BCUT2D eigenvalue weighted by Crippen LogP contribution is -2.53. The van der Waals surface area contributed by atoms with Crippen molar-refractivity contribution in [2.75, 3.05) is 53.1 Å². The molecule has 6 nitrogen and oxygen atoms in total. The van der Waals surface area contributed by atoms with Crippen molar-refractivity contribution in [2.24, 2.45) is 5.41 Å². The minimum atomic E-state index is -0.330. The first-order chi connectivity index (χ1) is 12.2. The van der Waals surface area contributed by atoms with Crippen LogP contribution >= 0.6 is 0 Å². The zero-order valence-electron chi connectivity index (χ0n) is 15.6. The first-order valence-corrected chi connectivity index (χ1v) is 9.96. The third kappa shape index (κ3) is 4.94. The Morgan fingerprint density at radius 1 is 1.20 bits per heavy atom. The molecule has 3 heterocycles. The molecule has 0 spiro atoms. The Balaban J connectivity index is 1.45. The van der Waals surface area contributed by atoms with E-state index in [1.54, 1.807) is 7.11 Å². The van der Waals surface area contributed by atoms with Gasteiger partial charge in [0.1, 0.15) is 0 Å². The number of ether oxygens (including phenoxy) is 3.